The zero-order valence-electron chi connectivity index (χ0n) is 11.5. The molecule has 0 aliphatic rings. The Kier molecular flexibility index (Phi) is 4.67. The normalized spacial score (nSPS) is 10.6. The highest BCUT2D eigenvalue weighted by Gasteiger charge is 2.09. The van der Waals surface area contributed by atoms with E-state index in [9.17, 15) is 4.79 Å². The number of aromatic nitrogens is 3. The van der Waals surface area contributed by atoms with Crippen LogP contribution in [-0.2, 0) is 11.8 Å². The molecular weight excluding hydrogens is 296 g/mol. The summed E-state index contributed by atoms with van der Waals surface area (Å²) in [7, 11) is 1.87. The van der Waals surface area contributed by atoms with Gasteiger partial charge in [0.25, 0.3) is 0 Å². The van der Waals surface area contributed by atoms with Crippen LogP contribution in [0, 0.1) is 13.8 Å². The third kappa shape index (κ3) is 3.52. The fraction of sp³-hybridized carbons (Fsp3) is 0.308. The second kappa shape index (κ2) is 6.28. The molecule has 2 aromatic rings. The fourth-order valence-corrected chi connectivity index (χ4v) is 2.45. The molecule has 0 aliphatic carbocycles. The van der Waals surface area contributed by atoms with Gasteiger partial charge in [0.1, 0.15) is 5.82 Å². The summed E-state index contributed by atoms with van der Waals surface area (Å²) in [5.74, 6) is 0.992. The van der Waals surface area contributed by atoms with Gasteiger partial charge in [-0.3, -0.25) is 4.79 Å². The Balaban J connectivity index is 1.92. The van der Waals surface area contributed by atoms with Gasteiger partial charge in [-0.15, -0.1) is 10.2 Å². The molecule has 0 aliphatic heterocycles. The van der Waals surface area contributed by atoms with Crippen molar-refractivity contribution in [3.63, 3.8) is 0 Å². The number of nitrogens with one attached hydrogen (secondary N) is 1. The van der Waals surface area contributed by atoms with E-state index in [1.54, 1.807) is 6.07 Å². The summed E-state index contributed by atoms with van der Waals surface area (Å²) in [6.07, 6.45) is 0. The van der Waals surface area contributed by atoms with Gasteiger partial charge in [-0.1, -0.05) is 29.4 Å². The third-order valence-electron chi connectivity index (χ3n) is 2.84. The molecule has 1 aromatic heterocycles. The Hall–Kier alpha value is -1.53. The van der Waals surface area contributed by atoms with Crippen LogP contribution in [0.1, 0.15) is 11.4 Å². The Labute approximate surface area is 126 Å². The Morgan fingerprint density at radius 2 is 2.15 bits per heavy atom. The number of nitrogens with zero attached hydrogens (tertiary/aromatic N) is 3. The lowest BCUT2D eigenvalue weighted by Gasteiger charge is -2.06. The predicted molar refractivity (Wildman–Crippen MR) is 81.3 cm³/mol. The number of carbonyl (C=O) groups is 1. The van der Waals surface area contributed by atoms with Gasteiger partial charge in [0.2, 0.25) is 5.91 Å². The topological polar surface area (TPSA) is 59.8 Å². The Morgan fingerprint density at radius 1 is 1.40 bits per heavy atom. The molecule has 0 radical (unpaired) electrons. The molecule has 0 saturated carbocycles. The van der Waals surface area contributed by atoms with Crippen LogP contribution in [0.3, 0.4) is 0 Å². The first-order chi connectivity index (χ1) is 9.47. The van der Waals surface area contributed by atoms with E-state index >= 15 is 0 Å². The SMILES string of the molecule is Cc1ccc(NC(=O)CSc2nnc(C)n2C)cc1Cl. The summed E-state index contributed by atoms with van der Waals surface area (Å²) in [5.41, 5.74) is 1.67. The van der Waals surface area contributed by atoms with Gasteiger partial charge in [0.05, 0.1) is 5.75 Å². The van der Waals surface area contributed by atoms with Crippen LogP contribution in [0.15, 0.2) is 23.4 Å². The van der Waals surface area contributed by atoms with Gasteiger partial charge >= 0.3 is 0 Å². The van der Waals surface area contributed by atoms with Gasteiger partial charge in [0.15, 0.2) is 5.16 Å². The highest BCUT2D eigenvalue weighted by molar-refractivity contribution is 7.99. The standard InChI is InChI=1S/C13H15ClN4OS/c1-8-4-5-10(6-11(8)14)15-12(19)7-20-13-17-16-9(2)18(13)3/h4-6H,7H2,1-3H3,(H,15,19). The number of amides is 1. The van der Waals surface area contributed by atoms with Gasteiger partial charge < -0.3 is 9.88 Å². The molecule has 0 fully saturated rings. The number of hydrogen-bond acceptors (Lipinski definition) is 4. The van der Waals surface area contributed by atoms with Crippen LogP contribution < -0.4 is 5.32 Å². The molecule has 1 N–H and O–H groups in total. The van der Waals surface area contributed by atoms with E-state index in [0.717, 1.165) is 16.5 Å². The van der Waals surface area contributed by atoms with Crippen LogP contribution in [-0.4, -0.2) is 26.4 Å². The van der Waals surface area contributed by atoms with Crippen molar-refractivity contribution >= 4 is 35.0 Å². The number of rotatable bonds is 4. The lowest BCUT2D eigenvalue weighted by Crippen LogP contribution is -2.14. The highest BCUT2D eigenvalue weighted by Crippen LogP contribution is 2.21. The van der Waals surface area contributed by atoms with Crippen molar-refractivity contribution in [2.24, 2.45) is 7.05 Å². The minimum atomic E-state index is -0.101. The average Bonchev–Trinajstić information content (AvgIpc) is 2.72. The average molecular weight is 311 g/mol. The fourth-order valence-electron chi connectivity index (χ4n) is 1.51. The van der Waals surface area contributed by atoms with E-state index in [1.807, 2.05) is 37.6 Å². The smallest absolute Gasteiger partial charge is 0.234 e. The molecule has 20 heavy (non-hydrogen) atoms. The van der Waals surface area contributed by atoms with Gasteiger partial charge in [-0.05, 0) is 31.5 Å². The zero-order chi connectivity index (χ0) is 14.7. The van der Waals surface area contributed by atoms with E-state index in [4.69, 9.17) is 11.6 Å². The zero-order valence-corrected chi connectivity index (χ0v) is 13.0. The van der Waals surface area contributed by atoms with E-state index in [0.29, 0.717) is 10.7 Å². The van der Waals surface area contributed by atoms with Crippen LogP contribution in [0.25, 0.3) is 0 Å². The first-order valence-corrected chi connectivity index (χ1v) is 7.38. The van der Waals surface area contributed by atoms with Crippen LogP contribution in [0.2, 0.25) is 5.02 Å². The molecular formula is C13H15ClN4OS. The molecule has 1 heterocycles. The second-order valence-corrected chi connectivity index (χ2v) is 5.74. The quantitative estimate of drug-likeness (QED) is 0.882. The van der Waals surface area contributed by atoms with Gasteiger partial charge in [-0.25, -0.2) is 0 Å². The minimum absolute atomic E-state index is 0.101. The lowest BCUT2D eigenvalue weighted by molar-refractivity contribution is -0.113. The molecule has 0 atom stereocenters. The summed E-state index contributed by atoms with van der Waals surface area (Å²) < 4.78 is 1.85. The summed E-state index contributed by atoms with van der Waals surface area (Å²) in [6.45, 7) is 3.78. The molecule has 5 nitrogen and oxygen atoms in total. The summed E-state index contributed by atoms with van der Waals surface area (Å²) >= 11 is 7.36. The van der Waals surface area contributed by atoms with Crippen molar-refractivity contribution in [2.75, 3.05) is 11.1 Å². The van der Waals surface area contributed by atoms with E-state index < -0.39 is 0 Å². The largest absolute Gasteiger partial charge is 0.325 e. The van der Waals surface area contributed by atoms with Crippen molar-refractivity contribution in [3.8, 4) is 0 Å². The number of anilines is 1. The summed E-state index contributed by atoms with van der Waals surface area (Å²) in [5, 5.41) is 12.1. The van der Waals surface area contributed by atoms with Crippen LogP contribution >= 0.6 is 23.4 Å². The number of carbonyl (C=O) groups excluding carboxylic acids is 1. The Bertz CT molecular complexity index is 641. The van der Waals surface area contributed by atoms with E-state index in [1.165, 1.54) is 11.8 Å². The van der Waals surface area contributed by atoms with E-state index in [2.05, 4.69) is 15.5 Å². The second-order valence-electron chi connectivity index (χ2n) is 4.39. The monoisotopic (exact) mass is 310 g/mol. The van der Waals surface area contributed by atoms with Crippen molar-refractivity contribution in [3.05, 3.63) is 34.6 Å². The highest BCUT2D eigenvalue weighted by atomic mass is 35.5. The molecule has 0 saturated heterocycles. The molecule has 0 spiro atoms. The predicted octanol–water partition coefficient (Wildman–Crippen LogP) is 2.82. The first kappa shape index (κ1) is 14.9. The van der Waals surface area contributed by atoms with Crippen molar-refractivity contribution < 1.29 is 4.79 Å². The molecule has 7 heteroatoms. The maximum atomic E-state index is 11.9. The van der Waals surface area contributed by atoms with Crippen molar-refractivity contribution in [1.29, 1.82) is 0 Å². The minimum Gasteiger partial charge on any atom is -0.325 e. The molecule has 1 aromatic carbocycles. The van der Waals surface area contributed by atoms with Crippen molar-refractivity contribution in [2.45, 2.75) is 19.0 Å². The summed E-state index contributed by atoms with van der Waals surface area (Å²) in [4.78, 5) is 11.9. The third-order valence-corrected chi connectivity index (χ3v) is 4.27. The van der Waals surface area contributed by atoms with Crippen LogP contribution in [0.4, 0.5) is 5.69 Å². The van der Waals surface area contributed by atoms with E-state index in [-0.39, 0.29) is 11.7 Å². The number of hydrogen-bond donors (Lipinski definition) is 1. The van der Waals surface area contributed by atoms with Gasteiger partial charge in [-0.2, -0.15) is 0 Å². The van der Waals surface area contributed by atoms with Gasteiger partial charge in [0, 0.05) is 17.8 Å². The Morgan fingerprint density at radius 3 is 2.75 bits per heavy atom. The molecule has 1 amide bonds. The lowest BCUT2D eigenvalue weighted by atomic mass is 10.2. The number of halogens is 1. The summed E-state index contributed by atoms with van der Waals surface area (Å²) in [6, 6.07) is 5.44. The number of aryl methyl sites for hydroxylation is 2. The molecule has 2 rings (SSSR count). The number of thioether (sulfide) groups is 1. The maximum Gasteiger partial charge on any atom is 0.234 e. The number of benzene rings is 1. The first-order valence-electron chi connectivity index (χ1n) is 6.02. The molecule has 106 valence electrons. The van der Waals surface area contributed by atoms with Crippen LogP contribution in [0.5, 0.6) is 0 Å². The molecule has 0 bridgehead atoms. The maximum absolute atomic E-state index is 11.9. The van der Waals surface area contributed by atoms with Crippen molar-refractivity contribution in [1.82, 2.24) is 14.8 Å². The molecule has 0 unspecified atom stereocenters.